The Hall–Kier alpha value is -2.22. The van der Waals surface area contributed by atoms with Gasteiger partial charge in [0.25, 0.3) is 5.69 Å². The van der Waals surface area contributed by atoms with Crippen LogP contribution in [-0.2, 0) is 14.6 Å². The van der Waals surface area contributed by atoms with Crippen LogP contribution in [0.4, 0.5) is 5.69 Å². The fraction of sp³-hybridized carbons (Fsp3) is 0.100. The van der Waals surface area contributed by atoms with E-state index in [-0.39, 0.29) is 10.5 Å². The third-order valence-corrected chi connectivity index (χ3v) is 3.14. The van der Waals surface area contributed by atoms with Crippen LogP contribution in [0.5, 0.6) is 0 Å². The van der Waals surface area contributed by atoms with Crippen molar-refractivity contribution in [2.24, 2.45) is 0 Å². The van der Waals surface area contributed by atoms with Gasteiger partial charge in [0.2, 0.25) is 0 Å². The average Bonchev–Trinajstić information content (AvgIpc) is 2.24. The van der Waals surface area contributed by atoms with Crippen molar-refractivity contribution in [2.45, 2.75) is 4.90 Å². The van der Waals surface area contributed by atoms with Gasteiger partial charge in [-0.2, -0.15) is 0 Å². The number of carboxylic acid groups (broad SMARTS) is 1. The second kappa shape index (κ2) is 4.96. The number of nitrogens with zero attached hydrogens (tertiary/aromatic N) is 1. The zero-order valence-electron chi connectivity index (χ0n) is 9.23. The first-order chi connectivity index (χ1) is 8.21. The summed E-state index contributed by atoms with van der Waals surface area (Å²) in [5.74, 6) is -1.25. The third kappa shape index (κ3) is 3.39. The Kier molecular flexibility index (Phi) is 3.82. The van der Waals surface area contributed by atoms with E-state index in [1.54, 1.807) is 0 Å². The first-order valence-electron chi connectivity index (χ1n) is 4.61. The van der Waals surface area contributed by atoms with Gasteiger partial charge in [0.05, 0.1) is 15.4 Å². The fourth-order valence-electron chi connectivity index (χ4n) is 1.21. The molecule has 1 N–H and O–H groups in total. The number of carboxylic acids is 1. The van der Waals surface area contributed by atoms with E-state index in [0.29, 0.717) is 0 Å². The number of rotatable bonds is 4. The molecule has 0 spiro atoms. The lowest BCUT2D eigenvalue weighted by Gasteiger charge is -2.01. The Bertz CT molecular complexity index is 632. The summed E-state index contributed by atoms with van der Waals surface area (Å²) in [6, 6.07) is 3.27. The Balaban J connectivity index is 3.39. The largest absolute Gasteiger partial charge is 0.478 e. The molecule has 0 aliphatic carbocycles. The van der Waals surface area contributed by atoms with E-state index in [4.69, 9.17) is 5.11 Å². The maximum atomic E-state index is 11.3. The molecule has 1 aromatic carbocycles. The van der Waals surface area contributed by atoms with Crippen molar-refractivity contribution in [1.82, 2.24) is 0 Å². The van der Waals surface area contributed by atoms with Gasteiger partial charge < -0.3 is 5.11 Å². The maximum Gasteiger partial charge on any atom is 0.328 e. The molecule has 0 saturated carbocycles. The molecule has 7 nitrogen and oxygen atoms in total. The van der Waals surface area contributed by atoms with Crippen molar-refractivity contribution in [3.8, 4) is 0 Å². The summed E-state index contributed by atoms with van der Waals surface area (Å²) < 4.78 is 22.5. The van der Waals surface area contributed by atoms with E-state index in [2.05, 4.69) is 0 Å². The van der Waals surface area contributed by atoms with E-state index < -0.39 is 26.4 Å². The molecule has 18 heavy (non-hydrogen) atoms. The van der Waals surface area contributed by atoms with E-state index in [9.17, 15) is 23.3 Å². The molecule has 0 aliphatic rings. The first kappa shape index (κ1) is 13.8. The lowest BCUT2D eigenvalue weighted by molar-refractivity contribution is -0.385. The molecule has 0 saturated heterocycles. The van der Waals surface area contributed by atoms with Crippen LogP contribution >= 0.6 is 0 Å². The van der Waals surface area contributed by atoms with Gasteiger partial charge in [-0.1, -0.05) is 0 Å². The summed E-state index contributed by atoms with van der Waals surface area (Å²) in [6.45, 7) is 0. The number of hydrogen-bond donors (Lipinski definition) is 1. The molecule has 0 aromatic heterocycles. The van der Waals surface area contributed by atoms with Crippen LogP contribution in [0, 0.1) is 10.1 Å². The second-order valence-electron chi connectivity index (χ2n) is 3.42. The zero-order valence-corrected chi connectivity index (χ0v) is 10.0. The number of nitro groups is 1. The molecular weight excluding hydrogens is 262 g/mol. The summed E-state index contributed by atoms with van der Waals surface area (Å²) >= 11 is 0. The van der Waals surface area contributed by atoms with Gasteiger partial charge in [0, 0.05) is 18.4 Å². The van der Waals surface area contributed by atoms with Crippen molar-refractivity contribution >= 4 is 27.6 Å². The minimum absolute atomic E-state index is 0.0230. The molecule has 0 unspecified atom stereocenters. The minimum atomic E-state index is -3.55. The van der Waals surface area contributed by atoms with Crippen molar-refractivity contribution in [3.05, 3.63) is 40.0 Å². The van der Waals surface area contributed by atoms with Crippen LogP contribution in [0.25, 0.3) is 6.08 Å². The molecule has 1 aromatic rings. The van der Waals surface area contributed by atoms with E-state index in [0.717, 1.165) is 24.5 Å². The van der Waals surface area contributed by atoms with Gasteiger partial charge in [0.15, 0.2) is 9.84 Å². The Morgan fingerprint density at radius 1 is 1.44 bits per heavy atom. The fourth-order valence-corrected chi connectivity index (χ4v) is 1.86. The molecule has 0 bridgehead atoms. The molecule has 0 fully saturated rings. The van der Waals surface area contributed by atoms with Crippen LogP contribution < -0.4 is 0 Å². The Morgan fingerprint density at radius 2 is 2.06 bits per heavy atom. The highest BCUT2D eigenvalue weighted by molar-refractivity contribution is 7.90. The second-order valence-corrected chi connectivity index (χ2v) is 5.44. The number of aliphatic carboxylic acids is 1. The van der Waals surface area contributed by atoms with Gasteiger partial charge in [-0.05, 0) is 18.2 Å². The number of benzene rings is 1. The molecule has 96 valence electrons. The summed E-state index contributed by atoms with van der Waals surface area (Å²) in [5, 5.41) is 19.2. The normalized spacial score (nSPS) is 11.6. The highest BCUT2D eigenvalue weighted by atomic mass is 32.2. The Morgan fingerprint density at radius 3 is 2.50 bits per heavy atom. The molecular formula is C10H9NO6S. The number of sulfone groups is 1. The highest BCUT2D eigenvalue weighted by Crippen LogP contribution is 2.24. The number of nitro benzene ring substituents is 1. The first-order valence-corrected chi connectivity index (χ1v) is 6.50. The highest BCUT2D eigenvalue weighted by Gasteiger charge is 2.17. The van der Waals surface area contributed by atoms with E-state index >= 15 is 0 Å². The zero-order chi connectivity index (χ0) is 13.9. The van der Waals surface area contributed by atoms with Crippen molar-refractivity contribution in [3.63, 3.8) is 0 Å². The van der Waals surface area contributed by atoms with E-state index in [1.165, 1.54) is 12.1 Å². The topological polar surface area (TPSA) is 115 Å². The van der Waals surface area contributed by atoms with Crippen LogP contribution in [-0.4, -0.2) is 30.7 Å². The quantitative estimate of drug-likeness (QED) is 0.498. The predicted molar refractivity (Wildman–Crippen MR) is 62.9 cm³/mol. The molecule has 0 atom stereocenters. The van der Waals surface area contributed by atoms with Crippen LogP contribution in [0.3, 0.4) is 0 Å². The van der Waals surface area contributed by atoms with Gasteiger partial charge in [-0.3, -0.25) is 10.1 Å². The van der Waals surface area contributed by atoms with Crippen molar-refractivity contribution in [2.75, 3.05) is 6.26 Å². The van der Waals surface area contributed by atoms with Gasteiger partial charge in [0.1, 0.15) is 0 Å². The summed E-state index contributed by atoms with van der Waals surface area (Å²) in [4.78, 5) is 20.1. The molecule has 0 aliphatic heterocycles. The van der Waals surface area contributed by atoms with Gasteiger partial charge >= 0.3 is 5.97 Å². The monoisotopic (exact) mass is 271 g/mol. The molecule has 1 rings (SSSR count). The Labute approximate surface area is 102 Å². The predicted octanol–water partition coefficient (Wildman–Crippen LogP) is 1.10. The third-order valence-electron chi connectivity index (χ3n) is 2.03. The molecule has 8 heteroatoms. The van der Waals surface area contributed by atoms with Crippen molar-refractivity contribution < 1.29 is 23.2 Å². The SMILES string of the molecule is CS(=O)(=O)c1ccc(C=CC(=O)O)c([N+](=O)[O-])c1. The summed E-state index contributed by atoms with van der Waals surface area (Å²) in [5.41, 5.74) is -0.440. The summed E-state index contributed by atoms with van der Waals surface area (Å²) in [6.07, 6.45) is 2.70. The lowest BCUT2D eigenvalue weighted by atomic mass is 10.1. The van der Waals surface area contributed by atoms with Crippen molar-refractivity contribution in [1.29, 1.82) is 0 Å². The van der Waals surface area contributed by atoms with Crippen LogP contribution in [0.1, 0.15) is 5.56 Å². The van der Waals surface area contributed by atoms with Gasteiger partial charge in [-0.25, -0.2) is 13.2 Å². The maximum absolute atomic E-state index is 11.3. The molecule has 0 heterocycles. The number of hydrogen-bond acceptors (Lipinski definition) is 5. The average molecular weight is 271 g/mol. The smallest absolute Gasteiger partial charge is 0.328 e. The molecule has 0 radical (unpaired) electrons. The van der Waals surface area contributed by atoms with Crippen LogP contribution in [0.2, 0.25) is 0 Å². The van der Waals surface area contributed by atoms with Gasteiger partial charge in [-0.15, -0.1) is 0 Å². The molecule has 0 amide bonds. The number of carbonyl (C=O) groups is 1. The van der Waals surface area contributed by atoms with Crippen LogP contribution in [0.15, 0.2) is 29.2 Å². The lowest BCUT2D eigenvalue weighted by Crippen LogP contribution is -2.00. The minimum Gasteiger partial charge on any atom is -0.478 e. The standard InChI is InChI=1S/C10H9NO6S/c1-18(16,17)8-4-2-7(3-5-10(12)13)9(6-8)11(14)15/h2-6H,1H3,(H,12,13). The summed E-state index contributed by atoms with van der Waals surface area (Å²) in [7, 11) is -3.55. The van der Waals surface area contributed by atoms with E-state index in [1.807, 2.05) is 0 Å².